The highest BCUT2D eigenvalue weighted by atomic mass is 32.2. The summed E-state index contributed by atoms with van der Waals surface area (Å²) in [4.78, 5) is 14.3. The minimum Gasteiger partial charge on any atom is -0.378 e. The number of carbonyl (C=O) groups excluding carboxylic acids is 1. The highest BCUT2D eigenvalue weighted by molar-refractivity contribution is 7.92. The van der Waals surface area contributed by atoms with Gasteiger partial charge in [0.05, 0.1) is 10.5 Å². The molecule has 1 aliphatic rings. The minimum atomic E-state index is -3.07. The van der Waals surface area contributed by atoms with Crippen LogP contribution >= 0.6 is 0 Å². The third kappa shape index (κ3) is 3.43. The fraction of sp³-hybridized carbons (Fsp3) is 0.562. The predicted octanol–water partition coefficient (Wildman–Crippen LogP) is 1.84. The van der Waals surface area contributed by atoms with E-state index in [1.54, 1.807) is 19.9 Å². The first kappa shape index (κ1) is 16.8. The number of amides is 1. The molecule has 0 saturated carbocycles. The van der Waals surface area contributed by atoms with E-state index in [-0.39, 0.29) is 17.7 Å². The Bertz CT molecular complexity index is 666. The van der Waals surface area contributed by atoms with Crippen molar-refractivity contribution in [2.24, 2.45) is 0 Å². The van der Waals surface area contributed by atoms with E-state index >= 15 is 0 Å². The molecule has 0 radical (unpaired) electrons. The number of hydrogen-bond donors (Lipinski definition) is 1. The number of nitrogens with one attached hydrogen (secondary N) is 1. The molecule has 1 unspecified atom stereocenters. The van der Waals surface area contributed by atoms with Gasteiger partial charge in [0.25, 0.3) is 5.91 Å². The molecule has 6 heteroatoms. The second-order valence-electron chi connectivity index (χ2n) is 6.69. The molecule has 22 heavy (non-hydrogen) atoms. The van der Waals surface area contributed by atoms with Crippen LogP contribution in [0.15, 0.2) is 24.3 Å². The van der Waals surface area contributed by atoms with Crippen LogP contribution in [-0.2, 0) is 9.84 Å². The molecule has 1 fully saturated rings. The van der Waals surface area contributed by atoms with Crippen LogP contribution in [0.4, 0.5) is 5.69 Å². The van der Waals surface area contributed by atoms with Gasteiger partial charge >= 0.3 is 0 Å². The molecule has 1 aromatic carbocycles. The number of benzene rings is 1. The van der Waals surface area contributed by atoms with E-state index in [9.17, 15) is 13.2 Å². The van der Waals surface area contributed by atoms with Crippen LogP contribution < -0.4 is 10.2 Å². The van der Waals surface area contributed by atoms with Crippen molar-refractivity contribution in [1.29, 1.82) is 0 Å². The van der Waals surface area contributed by atoms with Crippen LogP contribution in [0.25, 0.3) is 0 Å². The highest BCUT2D eigenvalue weighted by Gasteiger charge is 2.41. The molecule has 1 aliphatic heterocycles. The molecule has 5 nitrogen and oxygen atoms in total. The quantitative estimate of drug-likeness (QED) is 0.921. The zero-order chi connectivity index (χ0) is 16.5. The molecule has 0 bridgehead atoms. The Morgan fingerprint density at radius 2 is 2.00 bits per heavy atom. The first-order valence-corrected chi connectivity index (χ1v) is 9.08. The van der Waals surface area contributed by atoms with Gasteiger partial charge in [-0.2, -0.15) is 0 Å². The summed E-state index contributed by atoms with van der Waals surface area (Å²) in [6.07, 6.45) is 0.930. The van der Waals surface area contributed by atoms with Crippen molar-refractivity contribution in [1.82, 2.24) is 5.32 Å². The maximum Gasteiger partial charge on any atom is 0.251 e. The fourth-order valence-corrected chi connectivity index (χ4v) is 4.32. The Labute approximate surface area is 132 Å². The van der Waals surface area contributed by atoms with Gasteiger partial charge in [0.2, 0.25) is 0 Å². The molecule has 1 heterocycles. The smallest absolute Gasteiger partial charge is 0.251 e. The van der Waals surface area contributed by atoms with Crippen LogP contribution in [0.2, 0.25) is 0 Å². The van der Waals surface area contributed by atoms with Crippen molar-refractivity contribution >= 4 is 21.4 Å². The molecule has 0 aromatic heterocycles. The van der Waals surface area contributed by atoms with E-state index in [1.807, 2.05) is 37.2 Å². The van der Waals surface area contributed by atoms with Crippen molar-refractivity contribution in [2.75, 3.05) is 24.7 Å². The summed E-state index contributed by atoms with van der Waals surface area (Å²) in [5.74, 6) is -0.0216. The summed E-state index contributed by atoms with van der Waals surface area (Å²) >= 11 is 0. The molecular formula is C16H24N2O3S. The van der Waals surface area contributed by atoms with Gasteiger partial charge in [-0.15, -0.1) is 0 Å². The lowest BCUT2D eigenvalue weighted by Crippen LogP contribution is -2.49. The van der Waals surface area contributed by atoms with Gasteiger partial charge in [-0.3, -0.25) is 4.79 Å². The molecule has 1 saturated heterocycles. The van der Waals surface area contributed by atoms with Crippen LogP contribution in [0.1, 0.15) is 37.0 Å². The zero-order valence-electron chi connectivity index (χ0n) is 13.6. The summed E-state index contributed by atoms with van der Waals surface area (Å²) in [6, 6.07) is 7.29. The summed E-state index contributed by atoms with van der Waals surface area (Å²) in [5.41, 5.74) is 1.55. The van der Waals surface area contributed by atoms with Gasteiger partial charge in [0.15, 0.2) is 9.84 Å². The van der Waals surface area contributed by atoms with E-state index in [4.69, 9.17) is 0 Å². The van der Waals surface area contributed by atoms with Gasteiger partial charge in [-0.1, -0.05) is 6.07 Å². The maximum atomic E-state index is 12.4. The number of nitrogens with zero attached hydrogens (tertiary/aromatic N) is 1. The van der Waals surface area contributed by atoms with E-state index in [2.05, 4.69) is 5.32 Å². The molecule has 0 aliphatic carbocycles. The van der Waals surface area contributed by atoms with Crippen molar-refractivity contribution in [3.8, 4) is 0 Å². The molecule has 1 atom stereocenters. The number of rotatable bonds is 3. The fourth-order valence-electron chi connectivity index (χ4n) is 2.71. The summed E-state index contributed by atoms with van der Waals surface area (Å²) < 4.78 is 23.2. The van der Waals surface area contributed by atoms with Gasteiger partial charge < -0.3 is 10.2 Å². The van der Waals surface area contributed by atoms with E-state index in [0.717, 1.165) is 5.69 Å². The largest absolute Gasteiger partial charge is 0.378 e. The summed E-state index contributed by atoms with van der Waals surface area (Å²) in [7, 11) is 0.774. The van der Waals surface area contributed by atoms with Gasteiger partial charge in [-0.25, -0.2) is 8.42 Å². The Morgan fingerprint density at radius 1 is 1.32 bits per heavy atom. The number of carbonyl (C=O) groups is 1. The lowest BCUT2D eigenvalue weighted by atomic mass is 9.99. The van der Waals surface area contributed by atoms with Gasteiger partial charge in [0.1, 0.15) is 0 Å². The number of anilines is 1. The average molecular weight is 324 g/mol. The maximum absolute atomic E-state index is 12.4. The van der Waals surface area contributed by atoms with Crippen LogP contribution in [0.3, 0.4) is 0 Å². The third-order valence-electron chi connectivity index (χ3n) is 4.27. The average Bonchev–Trinajstić information content (AvgIpc) is 2.43. The molecule has 1 aromatic rings. The van der Waals surface area contributed by atoms with Gasteiger partial charge in [0, 0.05) is 31.4 Å². The third-order valence-corrected chi connectivity index (χ3v) is 6.90. The zero-order valence-corrected chi connectivity index (χ0v) is 14.4. The molecule has 122 valence electrons. The Hall–Kier alpha value is -1.56. The van der Waals surface area contributed by atoms with Crippen LogP contribution in [-0.4, -0.2) is 45.0 Å². The Morgan fingerprint density at radius 3 is 2.59 bits per heavy atom. The predicted molar refractivity (Wildman–Crippen MR) is 89.1 cm³/mol. The standard InChI is InChI=1S/C16H24N2O3S/c1-16(2)11-13(8-9-22(16,20)21)17-15(19)12-6-5-7-14(10-12)18(3)4/h5-7,10,13H,8-9,11H2,1-4H3,(H,17,19). The Kier molecular flexibility index (Phi) is 4.52. The normalized spacial score (nSPS) is 22.8. The van der Waals surface area contributed by atoms with Crippen molar-refractivity contribution < 1.29 is 13.2 Å². The second-order valence-corrected chi connectivity index (χ2v) is 9.43. The topological polar surface area (TPSA) is 66.5 Å². The van der Waals surface area contributed by atoms with Crippen LogP contribution in [0, 0.1) is 0 Å². The molecule has 2 rings (SSSR count). The lowest BCUT2D eigenvalue weighted by molar-refractivity contribution is 0.0930. The van der Waals surface area contributed by atoms with Crippen molar-refractivity contribution in [2.45, 2.75) is 37.5 Å². The monoisotopic (exact) mass is 324 g/mol. The number of hydrogen-bond acceptors (Lipinski definition) is 4. The van der Waals surface area contributed by atoms with E-state index in [1.165, 1.54) is 0 Å². The molecule has 1 N–H and O–H groups in total. The van der Waals surface area contributed by atoms with Gasteiger partial charge in [-0.05, 0) is 44.9 Å². The first-order chi connectivity index (χ1) is 10.1. The summed E-state index contributed by atoms with van der Waals surface area (Å²) in [6.45, 7) is 3.46. The van der Waals surface area contributed by atoms with E-state index in [0.29, 0.717) is 18.4 Å². The minimum absolute atomic E-state index is 0.103. The molecular weight excluding hydrogens is 300 g/mol. The lowest BCUT2D eigenvalue weighted by Gasteiger charge is -2.35. The highest BCUT2D eigenvalue weighted by Crippen LogP contribution is 2.30. The number of sulfone groups is 1. The molecule has 0 spiro atoms. The van der Waals surface area contributed by atoms with Crippen molar-refractivity contribution in [3.05, 3.63) is 29.8 Å². The van der Waals surface area contributed by atoms with E-state index < -0.39 is 14.6 Å². The molecule has 1 amide bonds. The first-order valence-electron chi connectivity index (χ1n) is 7.43. The summed E-state index contributed by atoms with van der Waals surface area (Å²) in [5, 5.41) is 2.97. The Balaban J connectivity index is 2.09. The SMILES string of the molecule is CN(C)c1cccc(C(=O)NC2CCS(=O)(=O)C(C)(C)C2)c1. The van der Waals surface area contributed by atoms with Crippen molar-refractivity contribution in [3.63, 3.8) is 0 Å². The van der Waals surface area contributed by atoms with Crippen LogP contribution in [0.5, 0.6) is 0 Å². The second kappa shape index (κ2) is 5.91.